The normalized spacial score (nSPS) is 21.3. The van der Waals surface area contributed by atoms with E-state index in [0.29, 0.717) is 37.7 Å². The van der Waals surface area contributed by atoms with E-state index in [2.05, 4.69) is 4.57 Å². The number of ether oxygens (including phenoxy) is 2. The molecular formula is C20H27N3O4S. The van der Waals surface area contributed by atoms with E-state index in [1.54, 1.807) is 22.8 Å². The van der Waals surface area contributed by atoms with Gasteiger partial charge in [-0.15, -0.1) is 0 Å². The van der Waals surface area contributed by atoms with Crippen molar-refractivity contribution in [2.75, 3.05) is 33.9 Å². The highest BCUT2D eigenvalue weighted by atomic mass is 32.2. The first-order valence-electron chi connectivity index (χ1n) is 9.70. The van der Waals surface area contributed by atoms with Crippen LogP contribution in [0, 0.1) is 0 Å². The van der Waals surface area contributed by atoms with Gasteiger partial charge in [0.15, 0.2) is 0 Å². The Bertz CT molecular complexity index is 935. The van der Waals surface area contributed by atoms with Crippen molar-refractivity contribution in [3.63, 3.8) is 0 Å². The molecule has 1 aromatic carbocycles. The van der Waals surface area contributed by atoms with Gasteiger partial charge >= 0.3 is 0 Å². The highest BCUT2D eigenvalue weighted by Gasteiger charge is 2.41. The first-order chi connectivity index (χ1) is 13.6. The summed E-state index contributed by atoms with van der Waals surface area (Å²) in [6.45, 7) is 2.25. The molecular weight excluding hydrogens is 378 g/mol. The predicted molar refractivity (Wildman–Crippen MR) is 107 cm³/mol. The molecule has 0 saturated carbocycles. The van der Waals surface area contributed by atoms with Crippen LogP contribution in [-0.4, -0.2) is 55.4 Å². The summed E-state index contributed by atoms with van der Waals surface area (Å²) < 4.78 is 43.4. The van der Waals surface area contributed by atoms with Crippen molar-refractivity contribution in [1.82, 2.24) is 13.2 Å². The quantitative estimate of drug-likeness (QED) is 0.767. The van der Waals surface area contributed by atoms with Gasteiger partial charge < -0.3 is 14.0 Å². The Morgan fingerprint density at radius 3 is 2.46 bits per heavy atom. The van der Waals surface area contributed by atoms with Gasteiger partial charge in [0.2, 0.25) is 0 Å². The Morgan fingerprint density at radius 1 is 0.964 bits per heavy atom. The molecule has 2 aliphatic heterocycles. The zero-order valence-electron chi connectivity index (χ0n) is 16.4. The molecule has 0 spiro atoms. The molecule has 2 aliphatic rings. The van der Waals surface area contributed by atoms with E-state index in [0.717, 1.165) is 30.5 Å². The third-order valence-corrected chi connectivity index (χ3v) is 7.67. The highest BCUT2D eigenvalue weighted by molar-refractivity contribution is 7.86. The number of fused-ring (bicyclic) bond motifs is 1. The molecule has 8 heteroatoms. The Kier molecular flexibility index (Phi) is 5.35. The predicted octanol–water partition coefficient (Wildman–Crippen LogP) is 2.64. The van der Waals surface area contributed by atoms with E-state index in [9.17, 15) is 8.42 Å². The first-order valence-corrected chi connectivity index (χ1v) is 11.1. The van der Waals surface area contributed by atoms with Gasteiger partial charge in [-0.05, 0) is 37.1 Å². The van der Waals surface area contributed by atoms with Gasteiger partial charge in [0.1, 0.15) is 11.5 Å². The van der Waals surface area contributed by atoms with Crippen molar-refractivity contribution >= 4 is 10.2 Å². The number of hydrogen-bond donors (Lipinski definition) is 0. The molecule has 1 saturated heterocycles. The van der Waals surface area contributed by atoms with Gasteiger partial charge in [-0.3, -0.25) is 0 Å². The molecule has 152 valence electrons. The molecule has 0 N–H and O–H groups in total. The average molecular weight is 406 g/mol. The lowest BCUT2D eigenvalue weighted by Crippen LogP contribution is -2.50. The lowest BCUT2D eigenvalue weighted by Gasteiger charge is -2.40. The molecule has 7 nitrogen and oxygen atoms in total. The van der Waals surface area contributed by atoms with E-state index in [1.165, 1.54) is 0 Å². The maximum Gasteiger partial charge on any atom is 0.282 e. The number of hydrogen-bond acceptors (Lipinski definition) is 4. The number of benzene rings is 1. The third kappa shape index (κ3) is 3.29. The standard InChI is InChI=1S/C20H27N3O4S/c1-26-16-8-9-17(19(15-16)27-2)20-18-7-6-10-21(18)13-14-23(20)28(24,25)22-11-4-3-5-12-22/h6-10,15,20H,3-5,11-14H2,1-2H3. The fourth-order valence-electron chi connectivity index (χ4n) is 4.21. The molecule has 28 heavy (non-hydrogen) atoms. The molecule has 1 unspecified atom stereocenters. The van der Waals surface area contributed by atoms with Crippen molar-refractivity contribution in [3.05, 3.63) is 47.8 Å². The molecule has 1 fully saturated rings. The summed E-state index contributed by atoms with van der Waals surface area (Å²) in [4.78, 5) is 0. The molecule has 0 radical (unpaired) electrons. The zero-order chi connectivity index (χ0) is 19.7. The average Bonchev–Trinajstić information content (AvgIpc) is 3.22. The summed E-state index contributed by atoms with van der Waals surface area (Å²) in [7, 11) is -0.372. The topological polar surface area (TPSA) is 64.0 Å². The minimum atomic E-state index is -3.58. The Balaban J connectivity index is 1.81. The first kappa shape index (κ1) is 19.3. The van der Waals surface area contributed by atoms with Crippen LogP contribution in [-0.2, 0) is 16.8 Å². The largest absolute Gasteiger partial charge is 0.497 e. The smallest absolute Gasteiger partial charge is 0.282 e. The Morgan fingerprint density at radius 2 is 1.75 bits per heavy atom. The lowest BCUT2D eigenvalue weighted by atomic mass is 10.0. The lowest BCUT2D eigenvalue weighted by molar-refractivity contribution is 0.250. The number of piperidine rings is 1. The van der Waals surface area contributed by atoms with Crippen molar-refractivity contribution in [3.8, 4) is 11.5 Å². The molecule has 1 atom stereocenters. The van der Waals surface area contributed by atoms with Crippen molar-refractivity contribution in [1.29, 1.82) is 0 Å². The van der Waals surface area contributed by atoms with E-state index in [4.69, 9.17) is 9.47 Å². The summed E-state index contributed by atoms with van der Waals surface area (Å²) in [6, 6.07) is 9.09. The highest BCUT2D eigenvalue weighted by Crippen LogP contribution is 2.41. The van der Waals surface area contributed by atoms with E-state index >= 15 is 0 Å². The van der Waals surface area contributed by atoms with Gasteiger partial charge in [0.05, 0.1) is 20.3 Å². The second-order valence-electron chi connectivity index (χ2n) is 7.22. The van der Waals surface area contributed by atoms with Gasteiger partial charge in [0.25, 0.3) is 10.2 Å². The fraction of sp³-hybridized carbons (Fsp3) is 0.500. The minimum Gasteiger partial charge on any atom is -0.497 e. The summed E-state index contributed by atoms with van der Waals surface area (Å²) in [5.41, 5.74) is 1.78. The number of methoxy groups -OCH3 is 2. The Labute approximate surface area is 166 Å². The maximum atomic E-state index is 13.6. The van der Waals surface area contributed by atoms with Crippen molar-refractivity contribution in [2.45, 2.75) is 31.8 Å². The summed E-state index contributed by atoms with van der Waals surface area (Å²) in [6.07, 6.45) is 4.92. The summed E-state index contributed by atoms with van der Waals surface area (Å²) >= 11 is 0. The van der Waals surface area contributed by atoms with Crippen LogP contribution in [0.1, 0.15) is 36.6 Å². The summed E-state index contributed by atoms with van der Waals surface area (Å²) in [5.74, 6) is 1.30. The van der Waals surface area contributed by atoms with E-state index < -0.39 is 16.3 Å². The molecule has 1 aromatic heterocycles. The Hall–Kier alpha value is -2.03. The van der Waals surface area contributed by atoms with Crippen LogP contribution in [0.4, 0.5) is 0 Å². The van der Waals surface area contributed by atoms with E-state index in [1.807, 2.05) is 36.5 Å². The zero-order valence-corrected chi connectivity index (χ0v) is 17.2. The van der Waals surface area contributed by atoms with Crippen LogP contribution < -0.4 is 9.47 Å². The molecule has 2 aromatic rings. The SMILES string of the molecule is COc1ccc(C2c3cccn3CCN2S(=O)(=O)N2CCCCC2)c(OC)c1. The van der Waals surface area contributed by atoms with Crippen LogP contribution in [0.15, 0.2) is 36.5 Å². The van der Waals surface area contributed by atoms with Gasteiger partial charge in [0, 0.05) is 49.7 Å². The minimum absolute atomic E-state index is 0.431. The number of nitrogens with zero attached hydrogens (tertiary/aromatic N) is 3. The molecule has 0 bridgehead atoms. The summed E-state index contributed by atoms with van der Waals surface area (Å²) in [5, 5.41) is 0. The fourth-order valence-corrected chi connectivity index (χ4v) is 6.03. The van der Waals surface area contributed by atoms with Gasteiger partial charge in [-0.25, -0.2) is 0 Å². The van der Waals surface area contributed by atoms with Crippen LogP contribution in [0.3, 0.4) is 0 Å². The van der Waals surface area contributed by atoms with Crippen LogP contribution in [0.2, 0.25) is 0 Å². The number of aromatic nitrogens is 1. The molecule has 0 aliphatic carbocycles. The second-order valence-corrected chi connectivity index (χ2v) is 9.10. The third-order valence-electron chi connectivity index (χ3n) is 5.67. The van der Waals surface area contributed by atoms with Crippen LogP contribution in [0.5, 0.6) is 11.5 Å². The molecule has 0 amide bonds. The molecule has 3 heterocycles. The van der Waals surface area contributed by atoms with Crippen LogP contribution in [0.25, 0.3) is 0 Å². The van der Waals surface area contributed by atoms with Gasteiger partial charge in [-0.2, -0.15) is 17.0 Å². The second kappa shape index (κ2) is 7.77. The van der Waals surface area contributed by atoms with Crippen molar-refractivity contribution in [2.24, 2.45) is 0 Å². The molecule has 4 rings (SSSR count). The number of rotatable bonds is 5. The van der Waals surface area contributed by atoms with Crippen molar-refractivity contribution < 1.29 is 17.9 Å². The monoisotopic (exact) mass is 405 g/mol. The van der Waals surface area contributed by atoms with Crippen LogP contribution >= 0.6 is 0 Å². The van der Waals surface area contributed by atoms with Gasteiger partial charge in [-0.1, -0.05) is 6.42 Å². The maximum absolute atomic E-state index is 13.6. The van der Waals surface area contributed by atoms with E-state index in [-0.39, 0.29) is 0 Å².